The van der Waals surface area contributed by atoms with Crippen molar-refractivity contribution in [2.45, 2.75) is 5.92 Å². The van der Waals surface area contributed by atoms with Gasteiger partial charge in [0.15, 0.2) is 11.6 Å². The molecule has 11 rings (SSSR count). The van der Waals surface area contributed by atoms with Gasteiger partial charge in [0.2, 0.25) is 0 Å². The standard InChI is InChI=1S/C52H34N4/c1-4-16-34(17-5-1)37-22-14-23-38(32-37)39-24-15-25-40(33-39)56-46-29-13-12-27-42(46)45-31-30-44-41-26-10-11-28-43(41)48(47(44)49(45)56)52-54-50(35-18-6-2-7-19-35)53-51(55-52)36-20-8-3-9-21-36/h1-33,48H. The minimum atomic E-state index is -0.230. The Morgan fingerprint density at radius 2 is 0.929 bits per heavy atom. The first kappa shape index (κ1) is 32.0. The number of fused-ring (bicyclic) bond motifs is 7. The third kappa shape index (κ3) is 5.26. The first-order chi connectivity index (χ1) is 27.8. The van der Waals surface area contributed by atoms with Crippen LogP contribution in [-0.2, 0) is 0 Å². The third-order valence-corrected chi connectivity index (χ3v) is 11.1. The topological polar surface area (TPSA) is 43.6 Å². The molecule has 0 fully saturated rings. The van der Waals surface area contributed by atoms with Crippen LogP contribution in [0.1, 0.15) is 22.9 Å². The van der Waals surface area contributed by atoms with Crippen molar-refractivity contribution in [1.29, 1.82) is 0 Å². The van der Waals surface area contributed by atoms with Crippen LogP contribution in [0.4, 0.5) is 0 Å². The maximum absolute atomic E-state index is 5.33. The molecule has 262 valence electrons. The molecule has 4 heteroatoms. The fourth-order valence-electron chi connectivity index (χ4n) is 8.58. The van der Waals surface area contributed by atoms with E-state index in [0.29, 0.717) is 11.6 Å². The Labute approximate surface area is 325 Å². The Morgan fingerprint density at radius 3 is 1.64 bits per heavy atom. The lowest BCUT2D eigenvalue weighted by molar-refractivity contribution is 0.857. The summed E-state index contributed by atoms with van der Waals surface area (Å²) in [7, 11) is 0. The lowest BCUT2D eigenvalue weighted by Gasteiger charge is -2.18. The minimum absolute atomic E-state index is 0.230. The van der Waals surface area contributed by atoms with Gasteiger partial charge in [-0.1, -0.05) is 176 Å². The molecule has 0 bridgehead atoms. The van der Waals surface area contributed by atoms with Gasteiger partial charge in [-0.05, 0) is 68.8 Å². The highest BCUT2D eigenvalue weighted by molar-refractivity contribution is 6.13. The van der Waals surface area contributed by atoms with Crippen molar-refractivity contribution in [3.63, 3.8) is 0 Å². The lowest BCUT2D eigenvalue weighted by Crippen LogP contribution is -2.10. The molecule has 0 amide bonds. The van der Waals surface area contributed by atoms with Crippen LogP contribution in [0.25, 0.3) is 83.6 Å². The van der Waals surface area contributed by atoms with Crippen LogP contribution in [0.5, 0.6) is 0 Å². The van der Waals surface area contributed by atoms with E-state index in [1.54, 1.807) is 0 Å². The van der Waals surface area contributed by atoms with E-state index >= 15 is 0 Å². The molecule has 1 aliphatic carbocycles. The Balaban J connectivity index is 1.17. The van der Waals surface area contributed by atoms with Crippen molar-refractivity contribution in [2.24, 2.45) is 0 Å². The zero-order valence-electron chi connectivity index (χ0n) is 30.4. The second-order valence-corrected chi connectivity index (χ2v) is 14.4. The molecule has 0 aliphatic heterocycles. The van der Waals surface area contributed by atoms with E-state index < -0.39 is 0 Å². The van der Waals surface area contributed by atoms with Gasteiger partial charge in [0.05, 0.1) is 17.0 Å². The first-order valence-electron chi connectivity index (χ1n) is 19.1. The van der Waals surface area contributed by atoms with Crippen LogP contribution in [0.15, 0.2) is 200 Å². The van der Waals surface area contributed by atoms with E-state index in [1.807, 2.05) is 36.4 Å². The van der Waals surface area contributed by atoms with Crippen molar-refractivity contribution in [3.8, 4) is 61.8 Å². The number of rotatable bonds is 6. The van der Waals surface area contributed by atoms with Crippen molar-refractivity contribution < 1.29 is 0 Å². The molecule has 0 saturated heterocycles. The largest absolute Gasteiger partial charge is 0.309 e. The number of para-hydroxylation sites is 1. The molecular formula is C52H34N4. The number of nitrogens with zero attached hydrogens (tertiary/aromatic N) is 4. The van der Waals surface area contributed by atoms with Gasteiger partial charge in [-0.25, -0.2) is 15.0 Å². The van der Waals surface area contributed by atoms with Crippen LogP contribution >= 0.6 is 0 Å². The Hall–Kier alpha value is -7.43. The van der Waals surface area contributed by atoms with Crippen molar-refractivity contribution in [3.05, 3.63) is 217 Å². The maximum Gasteiger partial charge on any atom is 0.163 e. The van der Waals surface area contributed by atoms with E-state index in [-0.39, 0.29) is 5.92 Å². The highest BCUT2D eigenvalue weighted by Crippen LogP contribution is 2.52. The second kappa shape index (κ2) is 13.2. The summed E-state index contributed by atoms with van der Waals surface area (Å²) in [6, 6.07) is 71.0. The molecule has 8 aromatic carbocycles. The van der Waals surface area contributed by atoms with Crippen molar-refractivity contribution in [1.82, 2.24) is 19.5 Å². The number of aromatic nitrogens is 4. The molecule has 0 spiro atoms. The first-order valence-corrected chi connectivity index (χ1v) is 19.1. The van der Waals surface area contributed by atoms with Crippen LogP contribution in [0, 0.1) is 0 Å². The molecule has 1 aliphatic rings. The van der Waals surface area contributed by atoms with Crippen molar-refractivity contribution >= 4 is 21.8 Å². The minimum Gasteiger partial charge on any atom is -0.309 e. The van der Waals surface area contributed by atoms with Gasteiger partial charge in [-0.3, -0.25) is 0 Å². The van der Waals surface area contributed by atoms with E-state index in [9.17, 15) is 0 Å². The number of hydrogen-bond acceptors (Lipinski definition) is 3. The molecule has 1 atom stereocenters. The summed E-state index contributed by atoms with van der Waals surface area (Å²) < 4.78 is 2.46. The van der Waals surface area contributed by atoms with Crippen LogP contribution < -0.4 is 0 Å². The second-order valence-electron chi connectivity index (χ2n) is 14.4. The Bertz CT molecular complexity index is 3020. The molecule has 0 radical (unpaired) electrons. The molecule has 1 unspecified atom stereocenters. The van der Waals surface area contributed by atoms with Crippen LogP contribution in [-0.4, -0.2) is 19.5 Å². The summed E-state index contributed by atoms with van der Waals surface area (Å²) >= 11 is 0. The van der Waals surface area contributed by atoms with Gasteiger partial charge >= 0.3 is 0 Å². The molecule has 10 aromatic rings. The zero-order valence-corrected chi connectivity index (χ0v) is 30.4. The van der Waals surface area contributed by atoms with Gasteiger partial charge in [-0.2, -0.15) is 0 Å². The van der Waals surface area contributed by atoms with Gasteiger partial charge in [0.1, 0.15) is 5.82 Å². The number of benzene rings is 8. The SMILES string of the molecule is c1ccc(-c2cccc(-c3cccc(-n4c5ccccc5c5ccc6c(c54)C(c4nc(-c5ccccc5)nc(-c5ccccc5)n4)c4ccccc4-6)c3)c2)cc1. The van der Waals surface area contributed by atoms with Gasteiger partial charge in [0.25, 0.3) is 0 Å². The number of hydrogen-bond donors (Lipinski definition) is 0. The fourth-order valence-corrected chi connectivity index (χ4v) is 8.58. The van der Waals surface area contributed by atoms with Crippen LogP contribution in [0.2, 0.25) is 0 Å². The van der Waals surface area contributed by atoms with E-state index in [2.05, 4.69) is 168 Å². The van der Waals surface area contributed by atoms with Gasteiger partial charge < -0.3 is 4.57 Å². The summed E-state index contributed by atoms with van der Waals surface area (Å²) in [6.07, 6.45) is 0. The quantitative estimate of drug-likeness (QED) is 0.172. The molecule has 56 heavy (non-hydrogen) atoms. The van der Waals surface area contributed by atoms with E-state index in [4.69, 9.17) is 15.0 Å². The zero-order chi connectivity index (χ0) is 37.0. The monoisotopic (exact) mass is 714 g/mol. The summed E-state index contributed by atoms with van der Waals surface area (Å²) in [5.74, 6) is 1.84. The molecular weight excluding hydrogens is 681 g/mol. The Kier molecular flexibility index (Phi) is 7.52. The molecule has 4 nitrogen and oxygen atoms in total. The molecule has 2 aromatic heterocycles. The normalized spacial score (nSPS) is 13.2. The van der Waals surface area contributed by atoms with Crippen LogP contribution in [0.3, 0.4) is 0 Å². The molecule has 0 N–H and O–H groups in total. The van der Waals surface area contributed by atoms with Crippen molar-refractivity contribution in [2.75, 3.05) is 0 Å². The highest BCUT2D eigenvalue weighted by atomic mass is 15.0. The summed E-state index contributed by atoms with van der Waals surface area (Å²) in [5, 5.41) is 2.41. The van der Waals surface area contributed by atoms with Gasteiger partial charge in [0, 0.05) is 27.6 Å². The molecule has 2 heterocycles. The average Bonchev–Trinajstić information content (AvgIpc) is 3.80. The third-order valence-electron chi connectivity index (χ3n) is 11.1. The smallest absolute Gasteiger partial charge is 0.163 e. The van der Waals surface area contributed by atoms with Gasteiger partial charge in [-0.15, -0.1) is 0 Å². The maximum atomic E-state index is 5.33. The Morgan fingerprint density at radius 1 is 0.375 bits per heavy atom. The van der Waals surface area contributed by atoms with E-state index in [1.165, 1.54) is 55.2 Å². The van der Waals surface area contributed by atoms with E-state index in [0.717, 1.165) is 33.7 Å². The lowest BCUT2D eigenvalue weighted by atomic mass is 9.93. The predicted molar refractivity (Wildman–Crippen MR) is 229 cm³/mol. The molecule has 0 saturated carbocycles. The predicted octanol–water partition coefficient (Wildman–Crippen LogP) is 12.8. The summed E-state index contributed by atoms with van der Waals surface area (Å²) in [6.45, 7) is 0. The summed E-state index contributed by atoms with van der Waals surface area (Å²) in [5.41, 5.74) is 14.9. The average molecular weight is 715 g/mol. The highest BCUT2D eigenvalue weighted by Gasteiger charge is 2.36. The fraction of sp³-hybridized carbons (Fsp3) is 0.0192. The summed E-state index contributed by atoms with van der Waals surface area (Å²) in [4.78, 5) is 15.7.